The number of ether oxygens (including phenoxy) is 1. The summed E-state index contributed by atoms with van der Waals surface area (Å²) in [6.45, 7) is 1.58. The Morgan fingerprint density at radius 2 is 1.96 bits per heavy atom. The molecular weight excluding hydrogens is 333 g/mol. The molecule has 0 unspecified atom stereocenters. The van der Waals surface area contributed by atoms with Crippen molar-refractivity contribution in [1.29, 1.82) is 0 Å². The summed E-state index contributed by atoms with van der Waals surface area (Å²) in [6.07, 6.45) is 2.65. The van der Waals surface area contributed by atoms with Crippen molar-refractivity contribution in [2.45, 2.75) is 11.8 Å². The van der Waals surface area contributed by atoms with Gasteiger partial charge in [-0.1, -0.05) is 0 Å². The first-order valence-electron chi connectivity index (χ1n) is 7.05. The van der Waals surface area contributed by atoms with E-state index in [2.05, 4.69) is 4.98 Å². The molecule has 0 aliphatic carbocycles. The minimum Gasteiger partial charge on any atom is -0.454 e. The molecule has 6 nitrogen and oxygen atoms in total. The molecule has 3 rings (SSSR count). The number of nitrogens with two attached hydrogens (primary N) is 1. The molecule has 0 spiro atoms. The lowest BCUT2D eigenvalue weighted by atomic mass is 10.2. The maximum Gasteiger partial charge on any atom is 0.175 e. The van der Waals surface area contributed by atoms with E-state index in [1.807, 2.05) is 7.05 Å². The SMILES string of the molecule is Cc1cc(S(C)(=O)=O)cc(F)c1Oc1cc(N)c2ncn(C)c2c1. The van der Waals surface area contributed by atoms with Crippen LogP contribution in [0.25, 0.3) is 11.0 Å². The van der Waals surface area contributed by atoms with Crippen LogP contribution in [0.5, 0.6) is 11.5 Å². The predicted molar refractivity (Wildman–Crippen MR) is 89.4 cm³/mol. The number of benzene rings is 2. The van der Waals surface area contributed by atoms with E-state index in [1.165, 1.54) is 6.07 Å². The molecule has 0 saturated carbocycles. The summed E-state index contributed by atoms with van der Waals surface area (Å²) in [5, 5.41) is 0. The van der Waals surface area contributed by atoms with Crippen molar-refractivity contribution in [3.05, 3.63) is 42.0 Å². The molecule has 0 fully saturated rings. The highest BCUT2D eigenvalue weighted by atomic mass is 32.2. The van der Waals surface area contributed by atoms with Crippen LogP contribution in [0, 0.1) is 12.7 Å². The Bertz CT molecular complexity index is 1030. The number of sulfone groups is 1. The Morgan fingerprint density at radius 1 is 1.25 bits per heavy atom. The van der Waals surface area contributed by atoms with Gasteiger partial charge in [0.25, 0.3) is 0 Å². The second kappa shape index (κ2) is 5.48. The quantitative estimate of drug-likeness (QED) is 0.735. The van der Waals surface area contributed by atoms with Gasteiger partial charge in [0.1, 0.15) is 11.3 Å². The van der Waals surface area contributed by atoms with Gasteiger partial charge in [-0.2, -0.15) is 0 Å². The number of fused-ring (bicyclic) bond motifs is 1. The van der Waals surface area contributed by atoms with Gasteiger partial charge in [-0.25, -0.2) is 17.8 Å². The number of aryl methyl sites for hydroxylation is 2. The van der Waals surface area contributed by atoms with Crippen molar-refractivity contribution in [3.63, 3.8) is 0 Å². The maximum absolute atomic E-state index is 14.3. The number of nitrogens with zero attached hydrogens (tertiary/aromatic N) is 2. The molecule has 126 valence electrons. The zero-order chi connectivity index (χ0) is 17.6. The Labute approximate surface area is 138 Å². The fourth-order valence-corrected chi connectivity index (χ4v) is 3.16. The smallest absolute Gasteiger partial charge is 0.175 e. The zero-order valence-electron chi connectivity index (χ0n) is 13.4. The average molecular weight is 349 g/mol. The molecule has 0 aliphatic heterocycles. The monoisotopic (exact) mass is 349 g/mol. The number of halogens is 1. The second-order valence-corrected chi connectivity index (χ2v) is 7.68. The molecule has 2 N–H and O–H groups in total. The molecule has 3 aromatic rings. The minimum absolute atomic E-state index is 0.0386. The molecular formula is C16H16FN3O3S. The van der Waals surface area contributed by atoms with E-state index in [0.717, 1.165) is 17.8 Å². The van der Waals surface area contributed by atoms with Gasteiger partial charge in [-0.05, 0) is 24.6 Å². The van der Waals surface area contributed by atoms with Crippen molar-refractivity contribution in [1.82, 2.24) is 9.55 Å². The fourth-order valence-electron chi connectivity index (χ4n) is 2.45. The lowest BCUT2D eigenvalue weighted by Crippen LogP contribution is -2.01. The van der Waals surface area contributed by atoms with Crippen LogP contribution < -0.4 is 10.5 Å². The number of anilines is 1. The largest absolute Gasteiger partial charge is 0.454 e. The lowest BCUT2D eigenvalue weighted by molar-refractivity contribution is 0.437. The van der Waals surface area contributed by atoms with E-state index in [0.29, 0.717) is 22.5 Å². The van der Waals surface area contributed by atoms with Gasteiger partial charge >= 0.3 is 0 Å². The number of rotatable bonds is 3. The van der Waals surface area contributed by atoms with Crippen LogP contribution >= 0.6 is 0 Å². The third-order valence-corrected chi connectivity index (χ3v) is 4.78. The van der Waals surface area contributed by atoms with E-state index >= 15 is 0 Å². The van der Waals surface area contributed by atoms with Crippen LogP contribution in [-0.4, -0.2) is 24.2 Å². The van der Waals surface area contributed by atoms with Crippen LogP contribution in [0.1, 0.15) is 5.56 Å². The highest BCUT2D eigenvalue weighted by molar-refractivity contribution is 7.90. The summed E-state index contributed by atoms with van der Waals surface area (Å²) < 4.78 is 44.9. The van der Waals surface area contributed by atoms with Crippen LogP contribution in [0.2, 0.25) is 0 Å². The molecule has 0 bridgehead atoms. The van der Waals surface area contributed by atoms with E-state index in [4.69, 9.17) is 10.5 Å². The van der Waals surface area contributed by atoms with Gasteiger partial charge < -0.3 is 15.0 Å². The van der Waals surface area contributed by atoms with Crippen LogP contribution in [0.15, 0.2) is 35.5 Å². The topological polar surface area (TPSA) is 87.2 Å². The Kier molecular flexibility index (Phi) is 3.71. The molecule has 1 aromatic heterocycles. The first kappa shape index (κ1) is 16.3. The normalized spacial score (nSPS) is 11.8. The van der Waals surface area contributed by atoms with Crippen LogP contribution in [-0.2, 0) is 16.9 Å². The van der Waals surface area contributed by atoms with E-state index in [9.17, 15) is 12.8 Å². The summed E-state index contributed by atoms with van der Waals surface area (Å²) in [5.41, 5.74) is 8.12. The summed E-state index contributed by atoms with van der Waals surface area (Å²) >= 11 is 0. The molecule has 0 atom stereocenters. The van der Waals surface area contributed by atoms with Crippen molar-refractivity contribution in [3.8, 4) is 11.5 Å². The van der Waals surface area contributed by atoms with Crippen molar-refractivity contribution in [2.24, 2.45) is 7.05 Å². The fraction of sp³-hybridized carbons (Fsp3) is 0.188. The van der Waals surface area contributed by atoms with Gasteiger partial charge in [0.15, 0.2) is 21.4 Å². The van der Waals surface area contributed by atoms with Crippen LogP contribution in [0.3, 0.4) is 0 Å². The maximum atomic E-state index is 14.3. The third kappa shape index (κ3) is 2.80. The molecule has 2 aromatic carbocycles. The highest BCUT2D eigenvalue weighted by Crippen LogP contribution is 2.33. The summed E-state index contributed by atoms with van der Waals surface area (Å²) in [6, 6.07) is 5.57. The molecule has 0 radical (unpaired) electrons. The third-order valence-electron chi connectivity index (χ3n) is 3.68. The number of imidazole rings is 1. The van der Waals surface area contributed by atoms with Gasteiger partial charge in [0.05, 0.1) is 22.4 Å². The van der Waals surface area contributed by atoms with E-state index in [1.54, 1.807) is 30.0 Å². The summed E-state index contributed by atoms with van der Waals surface area (Å²) in [4.78, 5) is 4.09. The van der Waals surface area contributed by atoms with E-state index < -0.39 is 15.7 Å². The first-order valence-corrected chi connectivity index (χ1v) is 8.94. The standard InChI is InChI=1S/C16H16FN3O3S/c1-9-4-11(24(3,21)22)7-12(17)16(9)23-10-5-13(18)15-14(6-10)20(2)8-19-15/h4-8H,18H2,1-3H3. The molecule has 1 heterocycles. The number of aromatic nitrogens is 2. The molecule has 0 aliphatic rings. The molecule has 8 heteroatoms. The van der Waals surface area contributed by atoms with Gasteiger partial charge in [0.2, 0.25) is 0 Å². The van der Waals surface area contributed by atoms with Gasteiger partial charge in [-0.15, -0.1) is 0 Å². The van der Waals surface area contributed by atoms with Gasteiger partial charge in [0, 0.05) is 25.4 Å². The number of hydrogen-bond acceptors (Lipinski definition) is 5. The Balaban J connectivity index is 2.07. The predicted octanol–water partition coefficient (Wildman–Crippen LogP) is 2.80. The average Bonchev–Trinajstić information content (AvgIpc) is 2.84. The van der Waals surface area contributed by atoms with Crippen molar-refractivity contribution in [2.75, 3.05) is 12.0 Å². The zero-order valence-corrected chi connectivity index (χ0v) is 14.2. The van der Waals surface area contributed by atoms with Gasteiger partial charge in [-0.3, -0.25) is 0 Å². The molecule has 24 heavy (non-hydrogen) atoms. The second-order valence-electron chi connectivity index (χ2n) is 5.66. The molecule has 0 saturated heterocycles. The number of nitrogen functional groups attached to an aromatic ring is 1. The summed E-state index contributed by atoms with van der Waals surface area (Å²) in [5.74, 6) is -0.444. The number of hydrogen-bond donors (Lipinski definition) is 1. The van der Waals surface area contributed by atoms with Crippen molar-refractivity contribution >= 4 is 26.6 Å². The Hall–Kier alpha value is -2.61. The van der Waals surface area contributed by atoms with Crippen molar-refractivity contribution < 1.29 is 17.5 Å². The Morgan fingerprint density at radius 3 is 2.58 bits per heavy atom. The highest BCUT2D eigenvalue weighted by Gasteiger charge is 2.17. The van der Waals surface area contributed by atoms with Crippen LogP contribution in [0.4, 0.5) is 10.1 Å². The first-order chi connectivity index (χ1) is 11.2. The molecule has 0 amide bonds. The van der Waals surface area contributed by atoms with E-state index in [-0.39, 0.29) is 10.6 Å². The summed E-state index contributed by atoms with van der Waals surface area (Å²) in [7, 11) is -1.69. The lowest BCUT2D eigenvalue weighted by Gasteiger charge is -2.12. The minimum atomic E-state index is -3.50.